The number of carbonyl (C=O) groups is 2. The zero-order chi connectivity index (χ0) is 16.6. The fourth-order valence-electron chi connectivity index (χ4n) is 2.60. The number of nitrogens with one attached hydrogen (secondary N) is 1. The van der Waals surface area contributed by atoms with Crippen LogP contribution in [0.2, 0.25) is 0 Å². The van der Waals surface area contributed by atoms with Crippen molar-refractivity contribution >= 4 is 28.0 Å². The van der Waals surface area contributed by atoms with Gasteiger partial charge in [0.2, 0.25) is 5.91 Å². The largest absolute Gasteiger partial charge is 0.342 e. The van der Waals surface area contributed by atoms with Crippen molar-refractivity contribution in [3.05, 3.63) is 42.1 Å². The molecule has 1 fully saturated rings. The Bertz CT molecular complexity index is 739. The number of nitrogens with zero attached hydrogens (tertiary/aromatic N) is 2. The van der Waals surface area contributed by atoms with Crippen molar-refractivity contribution in [2.45, 2.75) is 18.4 Å². The van der Waals surface area contributed by atoms with Crippen LogP contribution in [-0.2, 0) is 4.79 Å². The summed E-state index contributed by atoms with van der Waals surface area (Å²) in [6.45, 7) is 2.98. The number of halogens is 2. The van der Waals surface area contributed by atoms with E-state index in [0.29, 0.717) is 5.56 Å². The molecule has 122 valence electrons. The number of aromatic nitrogens is 1. The van der Waals surface area contributed by atoms with Crippen molar-refractivity contribution in [2.75, 3.05) is 13.1 Å². The van der Waals surface area contributed by atoms with Gasteiger partial charge in [-0.1, -0.05) is 6.58 Å². The highest BCUT2D eigenvalue weighted by Crippen LogP contribution is 2.29. The molecule has 23 heavy (non-hydrogen) atoms. The minimum Gasteiger partial charge on any atom is -0.342 e. The number of fused-ring (bicyclic) bond motifs is 1. The van der Waals surface area contributed by atoms with E-state index in [4.69, 9.17) is 0 Å². The minimum atomic E-state index is -3.05. The third kappa shape index (κ3) is 2.98. The summed E-state index contributed by atoms with van der Waals surface area (Å²) in [7, 11) is 0. The summed E-state index contributed by atoms with van der Waals surface area (Å²) in [6.07, 6.45) is 3.97. The maximum absolute atomic E-state index is 13.9. The Kier molecular flexibility index (Phi) is 3.93. The van der Waals surface area contributed by atoms with Crippen molar-refractivity contribution in [3.8, 4) is 0 Å². The molecule has 1 atom stereocenters. The number of alkyl halides is 2. The second-order valence-electron chi connectivity index (χ2n) is 5.40. The number of carbonyl (C=O) groups excluding carboxylic acids is 2. The third-order valence-corrected chi connectivity index (χ3v) is 4.71. The molecule has 1 aliphatic rings. The quantitative estimate of drug-likeness (QED) is 0.871. The van der Waals surface area contributed by atoms with Gasteiger partial charge in [-0.3, -0.25) is 9.59 Å². The van der Waals surface area contributed by atoms with Crippen molar-refractivity contribution in [2.24, 2.45) is 0 Å². The van der Waals surface area contributed by atoms with E-state index in [1.54, 1.807) is 12.3 Å². The number of piperidine rings is 1. The van der Waals surface area contributed by atoms with Gasteiger partial charge in [0.05, 0.1) is 10.4 Å². The van der Waals surface area contributed by atoms with Gasteiger partial charge in [-0.15, -0.1) is 11.3 Å². The molecule has 2 aromatic heterocycles. The fraction of sp³-hybridized carbons (Fsp3) is 0.333. The van der Waals surface area contributed by atoms with Crippen LogP contribution in [0.15, 0.2) is 36.5 Å². The molecule has 2 aromatic rings. The molecular formula is C15H15F2N3O2S. The second-order valence-corrected chi connectivity index (χ2v) is 6.33. The third-order valence-electron chi connectivity index (χ3n) is 3.89. The Morgan fingerprint density at radius 3 is 2.96 bits per heavy atom. The Morgan fingerprint density at radius 1 is 1.48 bits per heavy atom. The van der Waals surface area contributed by atoms with Crippen molar-refractivity contribution in [3.63, 3.8) is 0 Å². The fourth-order valence-corrected chi connectivity index (χ4v) is 3.37. The lowest BCUT2D eigenvalue weighted by atomic mass is 10.00. The number of likely N-dealkylation sites (tertiary alicyclic amines) is 1. The van der Waals surface area contributed by atoms with Gasteiger partial charge >= 0.3 is 0 Å². The van der Waals surface area contributed by atoms with E-state index >= 15 is 0 Å². The molecule has 1 aliphatic heterocycles. The van der Waals surface area contributed by atoms with Crippen molar-refractivity contribution < 1.29 is 18.4 Å². The summed E-state index contributed by atoms with van der Waals surface area (Å²) < 4.78 is 29.7. The standard InChI is InChI=1S/C15H15F2N3O2S/c1-2-12(21)18-11-9-20(4-3-15(11,16)17)14(22)10-7-13-19(8-10)5-6-23-13/h2,5-8,11H,1,3-4,9H2,(H,18,21). The van der Waals surface area contributed by atoms with Gasteiger partial charge in [-0.25, -0.2) is 8.78 Å². The van der Waals surface area contributed by atoms with E-state index in [0.717, 1.165) is 10.9 Å². The topological polar surface area (TPSA) is 53.8 Å². The first-order valence-corrected chi connectivity index (χ1v) is 7.94. The molecule has 1 unspecified atom stereocenters. The molecule has 0 bridgehead atoms. The number of rotatable bonds is 3. The van der Waals surface area contributed by atoms with Gasteiger partial charge in [-0.2, -0.15) is 0 Å². The molecule has 2 amide bonds. The number of hydrogen-bond donors (Lipinski definition) is 1. The molecule has 0 aliphatic carbocycles. The average molecular weight is 339 g/mol. The van der Waals surface area contributed by atoms with E-state index in [1.165, 1.54) is 16.2 Å². The Hall–Kier alpha value is -2.22. The lowest BCUT2D eigenvalue weighted by Crippen LogP contribution is -2.59. The first kappa shape index (κ1) is 15.7. The number of hydrogen-bond acceptors (Lipinski definition) is 3. The molecule has 0 aromatic carbocycles. The predicted molar refractivity (Wildman–Crippen MR) is 82.9 cm³/mol. The van der Waals surface area contributed by atoms with Crippen LogP contribution in [-0.4, -0.2) is 46.2 Å². The zero-order valence-corrected chi connectivity index (χ0v) is 13.0. The van der Waals surface area contributed by atoms with Crippen LogP contribution in [0.3, 0.4) is 0 Å². The molecule has 8 heteroatoms. The smallest absolute Gasteiger partial charge is 0.271 e. The van der Waals surface area contributed by atoms with Crippen LogP contribution in [0.1, 0.15) is 16.8 Å². The van der Waals surface area contributed by atoms with E-state index < -0.39 is 24.3 Å². The first-order valence-electron chi connectivity index (χ1n) is 7.06. The van der Waals surface area contributed by atoms with Gasteiger partial charge in [0.25, 0.3) is 11.8 Å². The van der Waals surface area contributed by atoms with Gasteiger partial charge in [0.1, 0.15) is 6.04 Å². The van der Waals surface area contributed by atoms with E-state index in [2.05, 4.69) is 11.9 Å². The van der Waals surface area contributed by atoms with Crippen molar-refractivity contribution in [1.29, 1.82) is 0 Å². The summed E-state index contributed by atoms with van der Waals surface area (Å²) in [5, 5.41) is 4.11. The molecule has 0 radical (unpaired) electrons. The monoisotopic (exact) mass is 339 g/mol. The number of thiazole rings is 1. The van der Waals surface area contributed by atoms with Crippen LogP contribution in [0.5, 0.6) is 0 Å². The van der Waals surface area contributed by atoms with Gasteiger partial charge in [-0.05, 0) is 12.1 Å². The van der Waals surface area contributed by atoms with Crippen molar-refractivity contribution in [1.82, 2.24) is 14.6 Å². The molecule has 1 saturated heterocycles. The molecule has 1 N–H and O–H groups in total. The normalized spacial score (nSPS) is 20.4. The molecule has 3 rings (SSSR count). The highest BCUT2D eigenvalue weighted by Gasteiger charge is 2.45. The summed E-state index contributed by atoms with van der Waals surface area (Å²) in [4.78, 5) is 26.1. The summed E-state index contributed by atoms with van der Waals surface area (Å²) in [6, 6.07) is 0.325. The lowest BCUT2D eigenvalue weighted by molar-refractivity contribution is -0.124. The van der Waals surface area contributed by atoms with E-state index in [9.17, 15) is 18.4 Å². The molecule has 3 heterocycles. The highest BCUT2D eigenvalue weighted by molar-refractivity contribution is 7.15. The van der Waals surface area contributed by atoms with E-state index in [-0.39, 0.29) is 19.0 Å². The minimum absolute atomic E-state index is 0.0458. The van der Waals surface area contributed by atoms with Crippen LogP contribution < -0.4 is 5.32 Å². The molecular weight excluding hydrogens is 324 g/mol. The van der Waals surface area contributed by atoms with Gasteiger partial charge < -0.3 is 14.6 Å². The Balaban J connectivity index is 1.77. The average Bonchev–Trinajstić information content (AvgIpc) is 3.09. The Morgan fingerprint density at radius 2 is 2.26 bits per heavy atom. The summed E-state index contributed by atoms with van der Waals surface area (Å²) >= 11 is 1.49. The first-order chi connectivity index (χ1) is 10.9. The lowest BCUT2D eigenvalue weighted by Gasteiger charge is -2.38. The maximum atomic E-state index is 13.9. The maximum Gasteiger partial charge on any atom is 0.271 e. The summed E-state index contributed by atoms with van der Waals surface area (Å²) in [5.74, 6) is -4.03. The highest BCUT2D eigenvalue weighted by atomic mass is 32.1. The molecule has 0 spiro atoms. The number of amides is 2. The van der Waals surface area contributed by atoms with Crippen LogP contribution in [0.4, 0.5) is 8.78 Å². The molecule has 0 saturated carbocycles. The Labute approximate surface area is 135 Å². The molecule has 5 nitrogen and oxygen atoms in total. The van der Waals surface area contributed by atoms with Crippen LogP contribution in [0.25, 0.3) is 4.83 Å². The SMILES string of the molecule is C=CC(=O)NC1CN(C(=O)c2cc3sccn3c2)CCC1(F)F. The second kappa shape index (κ2) is 5.77. The van der Waals surface area contributed by atoms with Crippen LogP contribution in [0, 0.1) is 0 Å². The summed E-state index contributed by atoms with van der Waals surface area (Å²) in [5.41, 5.74) is 0.455. The van der Waals surface area contributed by atoms with Gasteiger partial charge in [0.15, 0.2) is 0 Å². The van der Waals surface area contributed by atoms with Crippen LogP contribution >= 0.6 is 11.3 Å². The van der Waals surface area contributed by atoms with E-state index in [1.807, 2.05) is 16.0 Å². The zero-order valence-electron chi connectivity index (χ0n) is 12.2. The predicted octanol–water partition coefficient (Wildman–Crippen LogP) is 2.15. The van der Waals surface area contributed by atoms with Gasteiger partial charge in [0, 0.05) is 37.3 Å².